The summed E-state index contributed by atoms with van der Waals surface area (Å²) in [4.78, 5) is 73.2. The molecule has 0 aliphatic heterocycles. The van der Waals surface area contributed by atoms with Crippen molar-refractivity contribution in [2.45, 2.75) is 0 Å². The molecule has 0 fully saturated rings. The Kier molecular flexibility index (Phi) is 259. The maximum atomic E-state index is 8.25. The van der Waals surface area contributed by atoms with E-state index < -0.39 is 25.4 Å². The molecule has 0 atom stereocenters. The normalized spacial score (nSPS) is 4.80. The van der Waals surface area contributed by atoms with Crippen LogP contribution < -0.4 is 6.15 Å². The van der Waals surface area contributed by atoms with E-state index in [2.05, 4.69) is 0 Å². The number of rotatable bonds is 0. The van der Waals surface area contributed by atoms with Gasteiger partial charge in [-0.2, -0.15) is 0 Å². The van der Waals surface area contributed by atoms with Crippen LogP contribution in [0.3, 0.4) is 0 Å². The Morgan fingerprint density at radius 3 is 0.343 bits per heavy atom. The van der Waals surface area contributed by atoms with E-state index in [1.807, 2.05) is 0 Å². The van der Waals surface area contributed by atoms with Gasteiger partial charge >= 0.3 is 42.1 Å². The van der Waals surface area contributed by atoms with Gasteiger partial charge in [0.15, 0.2) is 0 Å². The molecule has 0 bridgehead atoms. The molecule has 0 heterocycles. The van der Waals surface area contributed by atoms with E-state index in [4.69, 9.17) is 117 Å². The Hall–Kier alpha value is -5.06. The topological polar surface area (TPSA) is 577 Å². The van der Waals surface area contributed by atoms with Gasteiger partial charge in [0, 0.05) is 0 Å². The molecule has 0 aromatic heterocycles. The molecule has 35 heavy (non-hydrogen) atoms. The number of nitrogens with zero attached hydrogens (tertiary/aromatic N) is 9. The fraction of sp³-hybridized carbons (Fsp3) is 0. The Morgan fingerprint density at radius 1 is 0.343 bits per heavy atom. The van der Waals surface area contributed by atoms with Gasteiger partial charge in [-0.15, -0.1) is 21.4 Å². The van der Waals surface area contributed by atoms with Crippen molar-refractivity contribution in [1.82, 2.24) is 6.15 Å². The predicted octanol–water partition coefficient (Wildman–Crippen LogP) is 0.178. The summed E-state index contributed by atoms with van der Waals surface area (Å²) < 4.78 is 0. The third kappa shape index (κ3) is 819. The average molecular weight is 902 g/mol. The average Bonchev–Trinajstić information content (AvgIpc) is 2.46. The molecule has 212 valence electrons. The van der Waals surface area contributed by atoms with Crippen LogP contribution in [0.5, 0.6) is 0 Å². The van der Waals surface area contributed by atoms with E-state index in [0.717, 1.165) is 21.4 Å². The molecule has 0 aliphatic rings. The smallest absolute Gasteiger partial charge is 0.444 e. The van der Waals surface area contributed by atoms with Crippen LogP contribution in [0, 0.1) is 117 Å². The van der Waals surface area contributed by atoms with E-state index in [-0.39, 0.29) is 48.3 Å². The van der Waals surface area contributed by atoms with Gasteiger partial charge < -0.3 is 123 Å². The second-order valence-corrected chi connectivity index (χ2v) is 1.42. The first-order valence-electron chi connectivity index (χ1n) is 4.20. The number of hydrogen-bond donors (Lipinski definition) is 1. The summed E-state index contributed by atoms with van der Waals surface area (Å²) >= 11 is 0. The van der Waals surface area contributed by atoms with Gasteiger partial charge in [0.05, 0.1) is 25.4 Å². The first kappa shape index (κ1) is 77.9. The second-order valence-electron chi connectivity index (χ2n) is 1.42. The summed E-state index contributed by atoms with van der Waals surface area (Å²) in [5.41, 5.74) is 0. The van der Waals surface area contributed by atoms with Crippen LogP contribution in [0.25, 0.3) is 0 Å². The summed E-state index contributed by atoms with van der Waals surface area (Å²) in [6, 6.07) is 0. The molecule has 0 saturated heterocycles. The van der Waals surface area contributed by atoms with Crippen molar-refractivity contribution in [2.24, 2.45) is 21.4 Å². The molecular formula is H4N10O23Pt2. The van der Waals surface area contributed by atoms with Crippen LogP contribution in [-0.2, 0) is 42.1 Å². The molecule has 0 unspecified atom stereocenters. The van der Waals surface area contributed by atoms with Crippen LogP contribution in [0.1, 0.15) is 0 Å². The van der Waals surface area contributed by atoms with Crippen molar-refractivity contribution >= 4 is 0 Å². The fourth-order valence-corrected chi connectivity index (χ4v) is 0. The van der Waals surface area contributed by atoms with E-state index >= 15 is 0 Å². The van der Waals surface area contributed by atoms with Gasteiger partial charge in [0.25, 0.3) is 0 Å². The van der Waals surface area contributed by atoms with Crippen LogP contribution in [0.2, 0.25) is 0 Å². The number of quaternary nitrogens is 1. The fourth-order valence-electron chi connectivity index (χ4n) is 0. The summed E-state index contributed by atoms with van der Waals surface area (Å²) in [5, 5.41) is 110. The van der Waals surface area contributed by atoms with Gasteiger partial charge in [-0.3, -0.25) is 0 Å². The Balaban J connectivity index is -0.0000000169. The SMILES string of the molecule is O=N[O-].O=N[O-].O=N[O-].O=N[O-].O=[N+]([O-])[O-].O=[N+]([O-])[O-].O=[N+]([O-])[O-].O=[N+]([O-])[O-].O=[N+]([O-])[O-].[NH4+].[Pt+4].[Pt+4]. The Morgan fingerprint density at radius 2 is 0.343 bits per heavy atom. The molecule has 0 rings (SSSR count). The molecule has 0 aliphatic carbocycles. The maximum absolute atomic E-state index is 8.25. The predicted molar refractivity (Wildman–Crippen MR) is 94.4 cm³/mol. The van der Waals surface area contributed by atoms with Crippen molar-refractivity contribution in [1.29, 1.82) is 0 Å². The van der Waals surface area contributed by atoms with Gasteiger partial charge in [0.2, 0.25) is 0 Å². The van der Waals surface area contributed by atoms with Crippen molar-refractivity contribution in [3.8, 4) is 0 Å². The molecule has 0 saturated carbocycles. The van der Waals surface area contributed by atoms with Crippen molar-refractivity contribution in [2.75, 3.05) is 0 Å². The minimum absolute atomic E-state index is 0. The van der Waals surface area contributed by atoms with E-state index in [1.54, 1.807) is 0 Å². The molecule has 4 N–H and O–H groups in total. The van der Waals surface area contributed by atoms with Crippen molar-refractivity contribution in [3.63, 3.8) is 0 Å². The number of hydrogen-bond acceptors (Lipinski definition) is 27. The summed E-state index contributed by atoms with van der Waals surface area (Å²) in [6.45, 7) is 0. The van der Waals surface area contributed by atoms with Gasteiger partial charge in [-0.05, 0) is 0 Å². The van der Waals surface area contributed by atoms with Gasteiger partial charge in [-0.1, -0.05) is 0 Å². The van der Waals surface area contributed by atoms with Gasteiger partial charge in [-0.25, -0.2) is 0 Å². The Bertz CT molecular complexity index is 352. The molecule has 0 aromatic rings. The first-order chi connectivity index (χ1) is 14.3. The van der Waals surface area contributed by atoms with E-state index in [1.165, 1.54) is 0 Å². The summed E-state index contributed by atoms with van der Waals surface area (Å²) in [5.74, 6) is 0. The van der Waals surface area contributed by atoms with E-state index in [0.29, 0.717) is 0 Å². The first-order valence-corrected chi connectivity index (χ1v) is 4.20. The van der Waals surface area contributed by atoms with Crippen LogP contribution >= 0.6 is 0 Å². The monoisotopic (exact) mass is 902 g/mol. The molecule has 33 nitrogen and oxygen atoms in total. The maximum Gasteiger partial charge on any atom is 4.00 e. The minimum Gasteiger partial charge on any atom is -0.444 e. The van der Waals surface area contributed by atoms with Gasteiger partial charge in [0.1, 0.15) is 0 Å². The third-order valence-electron chi connectivity index (χ3n) is 0. The minimum atomic E-state index is -1.75. The quantitative estimate of drug-likeness (QED) is 0.192. The van der Waals surface area contributed by atoms with Crippen LogP contribution in [-0.4, -0.2) is 25.4 Å². The second kappa shape index (κ2) is 116. The zero-order chi connectivity index (χ0) is 28.7. The van der Waals surface area contributed by atoms with Crippen LogP contribution in [0.15, 0.2) is 21.4 Å². The van der Waals surface area contributed by atoms with Crippen molar-refractivity contribution in [3.05, 3.63) is 117 Å². The molecule has 0 radical (unpaired) electrons. The van der Waals surface area contributed by atoms with Crippen molar-refractivity contribution < 1.29 is 67.6 Å². The standard InChI is InChI=1S/5NO3.4HNO2.H3N.2Pt/c5*2-1(3)4;4*2-1-3;;;/h;;;;;4*(H,2,3);1H3;;/q5*-1;;;;;;2*+4/p-3. The molecule has 0 aromatic carbocycles. The third-order valence-corrected chi connectivity index (χ3v) is 0. The van der Waals surface area contributed by atoms with Crippen LogP contribution in [0.4, 0.5) is 0 Å². The molecule has 0 amide bonds. The van der Waals surface area contributed by atoms with E-state index in [9.17, 15) is 0 Å². The largest absolute Gasteiger partial charge is 4.00 e. The zero-order valence-corrected chi connectivity index (χ0v) is 19.6. The Labute approximate surface area is 212 Å². The summed E-state index contributed by atoms with van der Waals surface area (Å²) in [7, 11) is 0. The molecular weight excluding hydrogens is 898 g/mol. The molecule has 0 spiro atoms. The molecule has 35 heteroatoms. The zero-order valence-electron chi connectivity index (χ0n) is 15.0. The summed E-state index contributed by atoms with van der Waals surface area (Å²) in [6.07, 6.45) is 0.